The molecule has 0 unspecified atom stereocenters. The summed E-state index contributed by atoms with van der Waals surface area (Å²) >= 11 is 0. The number of anilines is 1. The molecule has 4 heteroatoms. The van der Waals surface area contributed by atoms with Crippen molar-refractivity contribution >= 4 is 5.82 Å². The Morgan fingerprint density at radius 3 is 2.74 bits per heavy atom. The molecule has 4 nitrogen and oxygen atoms in total. The van der Waals surface area contributed by atoms with E-state index in [-0.39, 0.29) is 0 Å². The van der Waals surface area contributed by atoms with Crippen LogP contribution in [0.5, 0.6) is 5.75 Å². The number of aryl methyl sites for hydroxylation is 1. The van der Waals surface area contributed by atoms with Gasteiger partial charge in [-0.3, -0.25) is 0 Å². The molecule has 0 spiro atoms. The molecule has 0 fully saturated rings. The van der Waals surface area contributed by atoms with Crippen molar-refractivity contribution in [2.24, 2.45) is 0 Å². The predicted molar refractivity (Wildman–Crippen MR) is 93.5 cm³/mol. The highest BCUT2D eigenvalue weighted by Gasteiger charge is 2.20. The zero-order chi connectivity index (χ0) is 16.2. The van der Waals surface area contributed by atoms with Gasteiger partial charge in [0, 0.05) is 11.3 Å². The first-order valence-electron chi connectivity index (χ1n) is 7.83. The number of nitrogens with zero attached hydrogens (tertiary/aromatic N) is 2. The van der Waals surface area contributed by atoms with Crippen LogP contribution in [0, 0.1) is 0 Å². The van der Waals surface area contributed by atoms with E-state index in [0.717, 1.165) is 35.5 Å². The summed E-state index contributed by atoms with van der Waals surface area (Å²) in [4.78, 5) is 9.36. The van der Waals surface area contributed by atoms with Gasteiger partial charge in [0.05, 0.1) is 12.3 Å². The van der Waals surface area contributed by atoms with Crippen molar-refractivity contribution in [3.8, 4) is 17.1 Å². The number of ether oxygens (including phenoxy) is 1. The van der Waals surface area contributed by atoms with Gasteiger partial charge in [-0.1, -0.05) is 42.5 Å². The molecule has 2 aromatic rings. The molecule has 23 heavy (non-hydrogen) atoms. The van der Waals surface area contributed by atoms with Gasteiger partial charge in [-0.05, 0) is 32.8 Å². The fraction of sp³-hybridized carbons (Fsp3) is 0.263. The Kier molecular flexibility index (Phi) is 4.42. The van der Waals surface area contributed by atoms with Gasteiger partial charge in [0.15, 0.2) is 17.4 Å². The Bertz CT molecular complexity index is 747. The van der Waals surface area contributed by atoms with E-state index < -0.39 is 0 Å². The van der Waals surface area contributed by atoms with Gasteiger partial charge in [0.1, 0.15) is 0 Å². The van der Waals surface area contributed by atoms with Gasteiger partial charge in [0.25, 0.3) is 0 Å². The van der Waals surface area contributed by atoms with Crippen LogP contribution in [0.3, 0.4) is 0 Å². The summed E-state index contributed by atoms with van der Waals surface area (Å²) in [5, 5.41) is 3.26. The van der Waals surface area contributed by atoms with Crippen LogP contribution in [0.1, 0.15) is 26.0 Å². The Hall–Kier alpha value is -2.62. The molecular formula is C19H21N3O. The van der Waals surface area contributed by atoms with E-state index in [1.165, 1.54) is 5.57 Å². The summed E-state index contributed by atoms with van der Waals surface area (Å²) in [5.41, 5.74) is 3.92. The van der Waals surface area contributed by atoms with Crippen LogP contribution < -0.4 is 10.1 Å². The van der Waals surface area contributed by atoms with Crippen LogP contribution in [0.25, 0.3) is 11.4 Å². The smallest absolute Gasteiger partial charge is 0.183 e. The summed E-state index contributed by atoms with van der Waals surface area (Å²) < 4.78 is 5.80. The van der Waals surface area contributed by atoms with Crippen molar-refractivity contribution in [3.05, 3.63) is 60.0 Å². The monoisotopic (exact) mass is 307 g/mol. The molecule has 1 aromatic heterocycles. The predicted octanol–water partition coefficient (Wildman–Crippen LogP) is 4.36. The standard InChI is InChI=1S/C19H21N3O/c1-13(2)12-14(3)20-19-17-16(10-7-11-23-17)21-18(22-19)15-8-5-4-6-9-15/h4-6,8-9,12H,3,7,10-11H2,1-2H3,(H,20,21,22). The fourth-order valence-electron chi connectivity index (χ4n) is 2.57. The zero-order valence-electron chi connectivity index (χ0n) is 13.6. The lowest BCUT2D eigenvalue weighted by molar-refractivity contribution is 0.285. The third kappa shape index (κ3) is 3.59. The van der Waals surface area contributed by atoms with Crippen LogP contribution in [-0.2, 0) is 6.42 Å². The summed E-state index contributed by atoms with van der Waals surface area (Å²) in [5.74, 6) is 2.15. The molecule has 0 saturated heterocycles. The van der Waals surface area contributed by atoms with Gasteiger partial charge in [-0.2, -0.15) is 0 Å². The van der Waals surface area contributed by atoms with E-state index in [1.807, 2.05) is 50.3 Å². The minimum absolute atomic E-state index is 0.691. The van der Waals surface area contributed by atoms with Crippen LogP contribution in [0.4, 0.5) is 5.82 Å². The molecule has 1 N–H and O–H groups in total. The van der Waals surface area contributed by atoms with Gasteiger partial charge in [-0.15, -0.1) is 0 Å². The van der Waals surface area contributed by atoms with Gasteiger partial charge < -0.3 is 10.1 Å². The first kappa shape index (κ1) is 15.3. The van der Waals surface area contributed by atoms with Crippen molar-refractivity contribution in [1.29, 1.82) is 0 Å². The minimum atomic E-state index is 0.691. The summed E-state index contributed by atoms with van der Waals surface area (Å²) in [6.07, 6.45) is 3.87. The second-order valence-corrected chi connectivity index (χ2v) is 5.86. The summed E-state index contributed by atoms with van der Waals surface area (Å²) in [6.45, 7) is 8.81. The van der Waals surface area contributed by atoms with Crippen molar-refractivity contribution in [1.82, 2.24) is 9.97 Å². The minimum Gasteiger partial charge on any atom is -0.488 e. The Balaban J connectivity index is 2.02. The quantitative estimate of drug-likeness (QED) is 0.853. The molecule has 1 aliphatic rings. The van der Waals surface area contributed by atoms with E-state index in [9.17, 15) is 0 Å². The normalized spacial score (nSPS) is 12.8. The SMILES string of the molecule is C=C(C=C(C)C)Nc1nc(-c2ccccc2)nc2c1OCCC2. The molecule has 3 rings (SSSR count). The van der Waals surface area contributed by atoms with Crippen LogP contribution in [0.15, 0.2) is 54.3 Å². The molecule has 0 amide bonds. The lowest BCUT2D eigenvalue weighted by Gasteiger charge is -2.20. The second-order valence-electron chi connectivity index (χ2n) is 5.86. The summed E-state index contributed by atoms with van der Waals surface area (Å²) in [7, 11) is 0. The van der Waals surface area contributed by atoms with E-state index in [1.54, 1.807) is 0 Å². The third-order valence-corrected chi connectivity index (χ3v) is 3.51. The molecular weight excluding hydrogens is 286 g/mol. The molecule has 1 aliphatic heterocycles. The van der Waals surface area contributed by atoms with Crippen LogP contribution >= 0.6 is 0 Å². The van der Waals surface area contributed by atoms with Crippen molar-refractivity contribution in [3.63, 3.8) is 0 Å². The molecule has 0 aliphatic carbocycles. The largest absolute Gasteiger partial charge is 0.488 e. The van der Waals surface area contributed by atoms with Crippen LogP contribution in [-0.4, -0.2) is 16.6 Å². The third-order valence-electron chi connectivity index (χ3n) is 3.51. The molecule has 1 aromatic carbocycles. The fourth-order valence-corrected chi connectivity index (χ4v) is 2.57. The molecule has 0 saturated carbocycles. The van der Waals surface area contributed by atoms with E-state index in [4.69, 9.17) is 9.72 Å². The van der Waals surface area contributed by atoms with Crippen LogP contribution in [0.2, 0.25) is 0 Å². The number of aromatic nitrogens is 2. The second kappa shape index (κ2) is 6.65. The summed E-state index contributed by atoms with van der Waals surface area (Å²) in [6, 6.07) is 9.99. The van der Waals surface area contributed by atoms with Gasteiger partial charge >= 0.3 is 0 Å². The van der Waals surface area contributed by atoms with Crippen molar-refractivity contribution in [2.45, 2.75) is 26.7 Å². The number of nitrogens with one attached hydrogen (secondary N) is 1. The number of allylic oxidation sites excluding steroid dienone is 2. The molecule has 0 bridgehead atoms. The van der Waals surface area contributed by atoms with Gasteiger partial charge in [0.2, 0.25) is 0 Å². The molecule has 0 atom stereocenters. The number of fused-ring (bicyclic) bond motifs is 1. The first-order valence-corrected chi connectivity index (χ1v) is 7.83. The number of rotatable bonds is 4. The number of hydrogen-bond donors (Lipinski definition) is 1. The average molecular weight is 307 g/mol. The Labute approximate surface area is 136 Å². The maximum absolute atomic E-state index is 5.80. The highest BCUT2D eigenvalue weighted by molar-refractivity contribution is 5.64. The number of hydrogen-bond acceptors (Lipinski definition) is 4. The maximum atomic E-state index is 5.80. The highest BCUT2D eigenvalue weighted by Crippen LogP contribution is 2.33. The molecule has 2 heterocycles. The number of benzene rings is 1. The van der Waals surface area contributed by atoms with Gasteiger partial charge in [-0.25, -0.2) is 9.97 Å². The van der Waals surface area contributed by atoms with Crippen molar-refractivity contribution < 1.29 is 4.74 Å². The molecule has 118 valence electrons. The Morgan fingerprint density at radius 2 is 2.00 bits per heavy atom. The maximum Gasteiger partial charge on any atom is 0.183 e. The highest BCUT2D eigenvalue weighted by atomic mass is 16.5. The average Bonchev–Trinajstić information content (AvgIpc) is 2.55. The lowest BCUT2D eigenvalue weighted by atomic mass is 10.1. The van der Waals surface area contributed by atoms with Crippen molar-refractivity contribution in [2.75, 3.05) is 11.9 Å². The first-order chi connectivity index (χ1) is 11.1. The molecule has 0 radical (unpaired) electrons. The Morgan fingerprint density at radius 1 is 1.22 bits per heavy atom. The van der Waals surface area contributed by atoms with E-state index in [2.05, 4.69) is 16.9 Å². The van der Waals surface area contributed by atoms with E-state index in [0.29, 0.717) is 18.2 Å². The lowest BCUT2D eigenvalue weighted by Crippen LogP contribution is -2.14. The van der Waals surface area contributed by atoms with E-state index >= 15 is 0 Å². The zero-order valence-corrected chi connectivity index (χ0v) is 13.6. The topological polar surface area (TPSA) is 47.0 Å².